The van der Waals surface area contributed by atoms with Gasteiger partial charge in [0.15, 0.2) is 0 Å². The standard InChI is InChI=1S/C38H67NO7/c1-4-5-6-7-8-9-10-11-12-13-17-35(40)44-28-34(30-46-37(42)43-21-16-20-39-18-14-15-19-39)29-45-36(41)27-38-24-31(2)22-33(26-38)23-32(3)25-38/h31-34H,4-30H2,1-3H3/t31-,32+,33?,34?,38?. The summed E-state index contributed by atoms with van der Waals surface area (Å²) in [5.41, 5.74) is 0.0312. The summed E-state index contributed by atoms with van der Waals surface area (Å²) in [6.45, 7) is 10.4. The molecule has 3 unspecified atom stereocenters. The van der Waals surface area contributed by atoms with Gasteiger partial charge in [-0.3, -0.25) is 9.59 Å². The molecule has 3 fully saturated rings. The number of hydrogen-bond donors (Lipinski definition) is 0. The number of carbonyl (C=O) groups excluding carboxylic acids is 3. The average Bonchev–Trinajstić information content (AvgIpc) is 3.52. The van der Waals surface area contributed by atoms with Gasteiger partial charge in [-0.2, -0.15) is 0 Å². The van der Waals surface area contributed by atoms with Crippen LogP contribution in [-0.2, 0) is 28.5 Å². The third-order valence-corrected chi connectivity index (χ3v) is 10.4. The molecule has 0 radical (unpaired) electrons. The molecule has 0 aromatic carbocycles. The van der Waals surface area contributed by atoms with Crippen LogP contribution in [0.3, 0.4) is 0 Å². The quantitative estimate of drug-likeness (QED) is 0.0616. The first-order valence-corrected chi connectivity index (χ1v) is 19.1. The molecule has 3 rings (SSSR count). The van der Waals surface area contributed by atoms with Crippen molar-refractivity contribution in [3.8, 4) is 0 Å². The molecule has 0 N–H and O–H groups in total. The fourth-order valence-electron chi connectivity index (χ4n) is 8.55. The van der Waals surface area contributed by atoms with Crippen molar-refractivity contribution in [3.05, 3.63) is 0 Å². The number of carbonyl (C=O) groups is 3. The largest absolute Gasteiger partial charge is 0.508 e. The predicted octanol–water partition coefficient (Wildman–Crippen LogP) is 8.88. The van der Waals surface area contributed by atoms with Crippen LogP contribution in [-0.4, -0.2) is 69.1 Å². The van der Waals surface area contributed by atoms with Crippen LogP contribution in [0.1, 0.15) is 149 Å². The van der Waals surface area contributed by atoms with E-state index in [9.17, 15) is 14.4 Å². The molecule has 5 atom stereocenters. The van der Waals surface area contributed by atoms with Crippen LogP contribution >= 0.6 is 0 Å². The van der Waals surface area contributed by atoms with Crippen molar-refractivity contribution < 1.29 is 33.3 Å². The molecule has 0 amide bonds. The second-order valence-electron chi connectivity index (χ2n) is 15.3. The van der Waals surface area contributed by atoms with E-state index >= 15 is 0 Å². The Kier molecular flexibility index (Phi) is 18.4. The number of fused-ring (bicyclic) bond motifs is 2. The van der Waals surface area contributed by atoms with E-state index in [1.54, 1.807) is 0 Å². The second kappa shape index (κ2) is 21.9. The van der Waals surface area contributed by atoms with E-state index in [4.69, 9.17) is 18.9 Å². The maximum Gasteiger partial charge on any atom is 0.508 e. The summed E-state index contributed by atoms with van der Waals surface area (Å²) >= 11 is 0. The van der Waals surface area contributed by atoms with E-state index in [-0.39, 0.29) is 37.2 Å². The first-order chi connectivity index (χ1) is 22.3. The lowest BCUT2D eigenvalue weighted by Crippen LogP contribution is -2.41. The summed E-state index contributed by atoms with van der Waals surface area (Å²) in [7, 11) is 0. The van der Waals surface area contributed by atoms with Crippen molar-refractivity contribution in [1.29, 1.82) is 0 Å². The fraction of sp³-hybridized carbons (Fsp3) is 0.921. The zero-order valence-corrected chi connectivity index (χ0v) is 29.7. The lowest BCUT2D eigenvalue weighted by Gasteiger charge is -2.49. The summed E-state index contributed by atoms with van der Waals surface area (Å²) < 4.78 is 22.0. The molecule has 8 nitrogen and oxygen atoms in total. The lowest BCUT2D eigenvalue weighted by atomic mass is 9.56. The van der Waals surface area contributed by atoms with Gasteiger partial charge in [0.2, 0.25) is 0 Å². The molecule has 1 saturated heterocycles. The van der Waals surface area contributed by atoms with Crippen LogP contribution in [0, 0.1) is 29.1 Å². The summed E-state index contributed by atoms with van der Waals surface area (Å²) in [4.78, 5) is 40.3. The van der Waals surface area contributed by atoms with Gasteiger partial charge < -0.3 is 23.8 Å². The number of hydrogen-bond acceptors (Lipinski definition) is 8. The van der Waals surface area contributed by atoms with Crippen LogP contribution < -0.4 is 0 Å². The summed E-state index contributed by atoms with van der Waals surface area (Å²) in [5, 5.41) is 0. The zero-order valence-electron chi connectivity index (χ0n) is 29.7. The minimum Gasteiger partial charge on any atom is -0.465 e. The number of rotatable bonds is 23. The topological polar surface area (TPSA) is 91.4 Å². The SMILES string of the molecule is CCCCCCCCCCCCC(=O)OCC(COC(=O)CC12CC(C[C@@H](C)C1)C[C@H](C)C2)COC(=O)OCCCN1CCCC1. The van der Waals surface area contributed by atoms with Crippen molar-refractivity contribution >= 4 is 18.1 Å². The van der Waals surface area contributed by atoms with E-state index in [2.05, 4.69) is 25.7 Å². The minimum atomic E-state index is -0.730. The molecular weight excluding hydrogens is 582 g/mol. The monoisotopic (exact) mass is 649 g/mol. The summed E-state index contributed by atoms with van der Waals surface area (Å²) in [6.07, 6.45) is 21.2. The smallest absolute Gasteiger partial charge is 0.465 e. The Balaban J connectivity index is 1.38. The molecule has 8 heteroatoms. The normalized spacial score (nSPS) is 25.2. The first-order valence-electron chi connectivity index (χ1n) is 19.1. The minimum absolute atomic E-state index is 0.0228. The van der Waals surface area contributed by atoms with E-state index in [0.717, 1.165) is 64.6 Å². The molecule has 1 heterocycles. The van der Waals surface area contributed by atoms with Gasteiger partial charge in [-0.15, -0.1) is 0 Å². The van der Waals surface area contributed by atoms with Gasteiger partial charge in [0.25, 0.3) is 0 Å². The number of nitrogens with zero attached hydrogens (tertiary/aromatic N) is 1. The molecular formula is C38H67NO7. The first kappa shape index (κ1) is 38.6. The maximum absolute atomic E-state index is 13.1. The Hall–Kier alpha value is -1.83. The molecule has 0 aromatic heterocycles. The van der Waals surface area contributed by atoms with Crippen molar-refractivity contribution in [2.24, 2.45) is 29.1 Å². The van der Waals surface area contributed by atoms with Crippen molar-refractivity contribution in [2.45, 2.75) is 149 Å². The van der Waals surface area contributed by atoms with Crippen molar-refractivity contribution in [2.75, 3.05) is 46.1 Å². The van der Waals surface area contributed by atoms with Crippen LogP contribution in [0.2, 0.25) is 0 Å². The maximum atomic E-state index is 13.1. The molecule has 2 saturated carbocycles. The molecule has 266 valence electrons. The highest BCUT2D eigenvalue weighted by molar-refractivity contribution is 5.70. The van der Waals surface area contributed by atoms with Gasteiger partial charge in [-0.25, -0.2) is 4.79 Å². The van der Waals surface area contributed by atoms with E-state index in [1.807, 2.05) is 0 Å². The Morgan fingerprint density at radius 3 is 1.89 bits per heavy atom. The van der Waals surface area contributed by atoms with E-state index < -0.39 is 12.1 Å². The van der Waals surface area contributed by atoms with Crippen LogP contribution in [0.4, 0.5) is 4.79 Å². The van der Waals surface area contributed by atoms with Crippen LogP contribution in [0.15, 0.2) is 0 Å². The third kappa shape index (κ3) is 15.8. The highest BCUT2D eigenvalue weighted by Crippen LogP contribution is 2.54. The Morgan fingerprint density at radius 2 is 1.26 bits per heavy atom. The second-order valence-corrected chi connectivity index (χ2v) is 15.3. The number of unbranched alkanes of at least 4 members (excludes halogenated alkanes) is 9. The van der Waals surface area contributed by atoms with Crippen molar-refractivity contribution in [1.82, 2.24) is 4.90 Å². The van der Waals surface area contributed by atoms with Gasteiger partial charge in [0.1, 0.15) is 19.8 Å². The van der Waals surface area contributed by atoms with E-state index in [1.165, 1.54) is 70.6 Å². The highest BCUT2D eigenvalue weighted by atomic mass is 16.7. The lowest BCUT2D eigenvalue weighted by molar-refractivity contribution is -0.153. The summed E-state index contributed by atoms with van der Waals surface area (Å²) in [5.74, 6) is 1.09. The van der Waals surface area contributed by atoms with Crippen molar-refractivity contribution in [3.63, 3.8) is 0 Å². The van der Waals surface area contributed by atoms with Gasteiger partial charge in [0.05, 0.1) is 18.9 Å². The molecule has 46 heavy (non-hydrogen) atoms. The van der Waals surface area contributed by atoms with Gasteiger partial charge in [-0.05, 0) is 94.0 Å². The highest BCUT2D eigenvalue weighted by Gasteiger charge is 2.45. The molecule has 3 aliphatic rings. The number of esters is 2. The number of likely N-dealkylation sites (tertiary alicyclic amines) is 1. The average molecular weight is 650 g/mol. The Bertz CT molecular complexity index is 854. The van der Waals surface area contributed by atoms with Crippen LogP contribution in [0.5, 0.6) is 0 Å². The fourth-order valence-corrected chi connectivity index (χ4v) is 8.55. The molecule has 1 aliphatic heterocycles. The van der Waals surface area contributed by atoms with E-state index in [0.29, 0.717) is 37.2 Å². The zero-order chi connectivity index (χ0) is 33.0. The van der Waals surface area contributed by atoms with Gasteiger partial charge >= 0.3 is 18.1 Å². The molecule has 0 spiro atoms. The predicted molar refractivity (Wildman–Crippen MR) is 181 cm³/mol. The number of ether oxygens (including phenoxy) is 4. The molecule has 0 aromatic rings. The molecule has 2 bridgehead atoms. The Morgan fingerprint density at radius 1 is 0.696 bits per heavy atom. The van der Waals surface area contributed by atoms with Gasteiger partial charge in [0, 0.05) is 13.0 Å². The van der Waals surface area contributed by atoms with Crippen LogP contribution in [0.25, 0.3) is 0 Å². The third-order valence-electron chi connectivity index (χ3n) is 10.4. The molecule has 2 aliphatic carbocycles. The van der Waals surface area contributed by atoms with Gasteiger partial charge in [-0.1, -0.05) is 78.6 Å². The Labute approximate surface area is 280 Å². The summed E-state index contributed by atoms with van der Waals surface area (Å²) in [6, 6.07) is 0.